The molecule has 1 aliphatic heterocycles. The lowest BCUT2D eigenvalue weighted by atomic mass is 10.1. The molecule has 0 aliphatic carbocycles. The van der Waals surface area contributed by atoms with E-state index in [2.05, 4.69) is 15.4 Å². The third kappa shape index (κ3) is 4.94. The molecule has 1 aromatic carbocycles. The van der Waals surface area contributed by atoms with Crippen LogP contribution in [0.1, 0.15) is 45.3 Å². The number of hydrogen-bond donors (Lipinski definition) is 1. The molecule has 0 spiro atoms. The molecule has 0 bridgehead atoms. The van der Waals surface area contributed by atoms with Crippen LogP contribution in [0.4, 0.5) is 9.39 Å². The SMILES string of the molecule is Cc1nc(Cc2cc(F)cc(Cl)c2)sc1NC(=O)c1cc(CN2CCCC2=O)nn1C. The summed E-state index contributed by atoms with van der Waals surface area (Å²) in [7, 11) is 1.70. The molecule has 0 atom stereocenters. The third-order valence-corrected chi connectivity index (χ3v) is 6.32. The van der Waals surface area contributed by atoms with E-state index in [1.54, 1.807) is 24.1 Å². The fourth-order valence-corrected chi connectivity index (χ4v) is 4.82. The van der Waals surface area contributed by atoms with Gasteiger partial charge in [-0.15, -0.1) is 11.3 Å². The van der Waals surface area contributed by atoms with Crippen LogP contribution in [0.2, 0.25) is 5.02 Å². The minimum absolute atomic E-state index is 0.115. The summed E-state index contributed by atoms with van der Waals surface area (Å²) in [5.74, 6) is -0.586. The van der Waals surface area contributed by atoms with Crippen LogP contribution in [0.25, 0.3) is 0 Å². The molecule has 7 nitrogen and oxygen atoms in total. The van der Waals surface area contributed by atoms with Crippen molar-refractivity contribution >= 4 is 39.8 Å². The zero-order valence-electron chi connectivity index (χ0n) is 17.1. The van der Waals surface area contributed by atoms with E-state index in [0.717, 1.165) is 18.0 Å². The van der Waals surface area contributed by atoms with Crippen molar-refractivity contribution in [1.29, 1.82) is 0 Å². The number of benzene rings is 1. The van der Waals surface area contributed by atoms with Gasteiger partial charge in [-0.2, -0.15) is 5.10 Å². The van der Waals surface area contributed by atoms with E-state index in [1.807, 2.05) is 6.92 Å². The van der Waals surface area contributed by atoms with E-state index in [1.165, 1.54) is 28.2 Å². The van der Waals surface area contributed by atoms with Gasteiger partial charge in [0.15, 0.2) is 0 Å². The van der Waals surface area contributed by atoms with E-state index in [0.29, 0.717) is 52.1 Å². The number of halogens is 2. The molecular formula is C21H21ClFN5O2S. The van der Waals surface area contributed by atoms with E-state index < -0.39 is 5.82 Å². The number of anilines is 1. The fourth-order valence-electron chi connectivity index (χ4n) is 3.58. The van der Waals surface area contributed by atoms with Gasteiger partial charge in [-0.3, -0.25) is 14.3 Å². The quantitative estimate of drug-likeness (QED) is 0.603. The topological polar surface area (TPSA) is 80.1 Å². The molecule has 4 rings (SSSR count). The molecule has 1 N–H and O–H groups in total. The van der Waals surface area contributed by atoms with Gasteiger partial charge >= 0.3 is 0 Å². The van der Waals surface area contributed by atoms with E-state index in [9.17, 15) is 14.0 Å². The molecule has 31 heavy (non-hydrogen) atoms. The Morgan fingerprint density at radius 1 is 1.32 bits per heavy atom. The normalized spacial score (nSPS) is 13.8. The molecule has 3 aromatic rings. The minimum atomic E-state index is -0.396. The summed E-state index contributed by atoms with van der Waals surface area (Å²) in [6.45, 7) is 2.93. The fraction of sp³-hybridized carbons (Fsp3) is 0.333. The average molecular weight is 462 g/mol. The van der Waals surface area contributed by atoms with Gasteiger partial charge in [0.1, 0.15) is 16.5 Å². The van der Waals surface area contributed by atoms with Gasteiger partial charge in [0.25, 0.3) is 5.91 Å². The number of aryl methyl sites for hydroxylation is 2. The van der Waals surface area contributed by atoms with Crippen molar-refractivity contribution in [3.63, 3.8) is 0 Å². The Balaban J connectivity index is 1.45. The molecule has 2 aromatic heterocycles. The van der Waals surface area contributed by atoms with Gasteiger partial charge in [0.2, 0.25) is 5.91 Å². The Morgan fingerprint density at radius 3 is 2.84 bits per heavy atom. The van der Waals surface area contributed by atoms with Crippen LogP contribution in [0, 0.1) is 12.7 Å². The van der Waals surface area contributed by atoms with Gasteiger partial charge in [-0.05, 0) is 43.2 Å². The number of aromatic nitrogens is 3. The predicted octanol–water partition coefficient (Wildman–Crippen LogP) is 3.94. The predicted molar refractivity (Wildman–Crippen MR) is 117 cm³/mol. The van der Waals surface area contributed by atoms with Crippen LogP contribution >= 0.6 is 22.9 Å². The minimum Gasteiger partial charge on any atom is -0.337 e. The average Bonchev–Trinajstić information content (AvgIpc) is 3.35. The number of carbonyl (C=O) groups excluding carboxylic acids is 2. The highest BCUT2D eigenvalue weighted by molar-refractivity contribution is 7.16. The van der Waals surface area contributed by atoms with Crippen LogP contribution in [0.15, 0.2) is 24.3 Å². The van der Waals surface area contributed by atoms with E-state index in [-0.39, 0.29) is 11.8 Å². The van der Waals surface area contributed by atoms with Crippen molar-refractivity contribution in [1.82, 2.24) is 19.7 Å². The molecular weight excluding hydrogens is 441 g/mol. The molecule has 1 aliphatic rings. The van der Waals surface area contributed by atoms with Gasteiger partial charge in [-0.25, -0.2) is 9.37 Å². The summed E-state index contributed by atoms with van der Waals surface area (Å²) in [6, 6.07) is 6.07. The zero-order valence-corrected chi connectivity index (χ0v) is 18.7. The van der Waals surface area contributed by atoms with E-state index in [4.69, 9.17) is 11.6 Å². The standard InChI is InChI=1S/C21H21ClFN5O2S/c1-12-21(31-18(24-12)8-13-6-14(22)9-15(23)7-13)25-20(30)17-10-16(26-27(17)2)11-28-5-3-4-19(28)29/h6-7,9-10H,3-5,8,11H2,1-2H3,(H,25,30). The highest BCUT2D eigenvalue weighted by atomic mass is 35.5. The first-order valence-corrected chi connectivity index (χ1v) is 11.0. The van der Waals surface area contributed by atoms with Crippen LogP contribution in [0.5, 0.6) is 0 Å². The number of hydrogen-bond acceptors (Lipinski definition) is 5. The molecule has 1 saturated heterocycles. The zero-order chi connectivity index (χ0) is 22.1. The van der Waals surface area contributed by atoms with Crippen LogP contribution in [-0.4, -0.2) is 38.0 Å². The van der Waals surface area contributed by atoms with Gasteiger partial charge in [-0.1, -0.05) is 11.6 Å². The third-order valence-electron chi connectivity index (χ3n) is 5.03. The molecule has 0 unspecified atom stereocenters. The monoisotopic (exact) mass is 461 g/mol. The van der Waals surface area contributed by atoms with Gasteiger partial charge in [0, 0.05) is 31.5 Å². The second kappa shape index (κ2) is 8.76. The first kappa shape index (κ1) is 21.5. The Bertz CT molecular complexity index is 1140. The summed E-state index contributed by atoms with van der Waals surface area (Å²) in [5.41, 5.74) is 2.46. The smallest absolute Gasteiger partial charge is 0.274 e. The van der Waals surface area contributed by atoms with Crippen molar-refractivity contribution in [2.24, 2.45) is 7.05 Å². The first-order valence-electron chi connectivity index (χ1n) is 9.82. The summed E-state index contributed by atoms with van der Waals surface area (Å²) in [5, 5.41) is 8.96. The number of thiazole rings is 1. The maximum atomic E-state index is 13.6. The molecule has 10 heteroatoms. The first-order chi connectivity index (χ1) is 14.8. The second-order valence-electron chi connectivity index (χ2n) is 7.49. The van der Waals surface area contributed by atoms with E-state index >= 15 is 0 Å². The van der Waals surface area contributed by atoms with Crippen molar-refractivity contribution in [3.8, 4) is 0 Å². The lowest BCUT2D eigenvalue weighted by Gasteiger charge is -2.12. The highest BCUT2D eigenvalue weighted by Gasteiger charge is 2.23. The number of amides is 2. The second-order valence-corrected chi connectivity index (χ2v) is 9.01. The maximum Gasteiger partial charge on any atom is 0.274 e. The lowest BCUT2D eigenvalue weighted by Crippen LogP contribution is -2.24. The number of nitrogens with one attached hydrogen (secondary N) is 1. The molecule has 0 saturated carbocycles. The van der Waals surface area contributed by atoms with Crippen molar-refractivity contribution < 1.29 is 14.0 Å². The Kier molecular flexibility index (Phi) is 6.06. The van der Waals surface area contributed by atoms with Crippen molar-refractivity contribution in [3.05, 3.63) is 62.8 Å². The molecule has 0 radical (unpaired) electrons. The summed E-state index contributed by atoms with van der Waals surface area (Å²) >= 11 is 7.26. The van der Waals surface area contributed by atoms with Crippen LogP contribution < -0.4 is 5.32 Å². The van der Waals surface area contributed by atoms with Crippen LogP contribution in [0.3, 0.4) is 0 Å². The molecule has 1 fully saturated rings. The summed E-state index contributed by atoms with van der Waals surface area (Å²) < 4.78 is 15.1. The summed E-state index contributed by atoms with van der Waals surface area (Å²) in [6.07, 6.45) is 1.83. The van der Waals surface area contributed by atoms with Crippen molar-refractivity contribution in [2.75, 3.05) is 11.9 Å². The lowest BCUT2D eigenvalue weighted by molar-refractivity contribution is -0.128. The summed E-state index contributed by atoms with van der Waals surface area (Å²) in [4.78, 5) is 30.9. The van der Waals surface area contributed by atoms with Gasteiger partial charge in [0.05, 0.1) is 22.9 Å². The van der Waals surface area contributed by atoms with Gasteiger partial charge < -0.3 is 10.2 Å². The number of nitrogens with zero attached hydrogens (tertiary/aromatic N) is 4. The Morgan fingerprint density at radius 2 is 2.13 bits per heavy atom. The Hall–Kier alpha value is -2.78. The van der Waals surface area contributed by atoms with Crippen LogP contribution in [-0.2, 0) is 24.8 Å². The molecule has 162 valence electrons. The van der Waals surface area contributed by atoms with Crippen molar-refractivity contribution in [2.45, 2.75) is 32.7 Å². The number of rotatable bonds is 6. The molecule has 3 heterocycles. The largest absolute Gasteiger partial charge is 0.337 e. The number of carbonyl (C=O) groups is 2. The maximum absolute atomic E-state index is 13.6. The number of likely N-dealkylation sites (tertiary alicyclic amines) is 1. The highest BCUT2D eigenvalue weighted by Crippen LogP contribution is 2.27. The Labute approximate surface area is 187 Å². The molecule has 2 amide bonds.